The summed E-state index contributed by atoms with van der Waals surface area (Å²) >= 11 is 3.44. The topological polar surface area (TPSA) is 21.8 Å². The van der Waals surface area contributed by atoms with E-state index in [9.17, 15) is 0 Å². The van der Waals surface area contributed by atoms with Crippen LogP contribution in [-0.2, 0) is 11.2 Å². The minimum atomic E-state index is 0.406. The Bertz CT molecular complexity index is 308. The summed E-state index contributed by atoms with van der Waals surface area (Å²) in [5, 5.41) is 0. The number of benzene rings is 1. The van der Waals surface area contributed by atoms with E-state index < -0.39 is 0 Å². The van der Waals surface area contributed by atoms with Crippen molar-refractivity contribution in [3.8, 4) is 5.75 Å². The summed E-state index contributed by atoms with van der Waals surface area (Å²) in [6, 6.07) is 6.04. The summed E-state index contributed by atoms with van der Waals surface area (Å²) in [6.45, 7) is 0.885. The molecule has 70 valence electrons. The maximum atomic E-state index is 5.25. The van der Waals surface area contributed by atoms with Crippen LogP contribution in [0.25, 0.3) is 0 Å². The third kappa shape index (κ3) is 2.23. The van der Waals surface area contributed by atoms with E-state index in [4.69, 9.17) is 9.47 Å². The molecule has 1 fully saturated rings. The molecule has 2 nitrogen and oxygen atoms in total. The Morgan fingerprint density at radius 3 is 3.00 bits per heavy atom. The molecule has 1 aliphatic rings. The number of hydrogen-bond acceptors (Lipinski definition) is 2. The fourth-order valence-corrected chi connectivity index (χ4v) is 1.75. The summed E-state index contributed by atoms with van der Waals surface area (Å²) in [5.41, 5.74) is 1.21. The Kier molecular flexibility index (Phi) is 2.56. The number of epoxide rings is 1. The molecule has 1 atom stereocenters. The van der Waals surface area contributed by atoms with E-state index in [0.717, 1.165) is 23.2 Å². The van der Waals surface area contributed by atoms with Crippen molar-refractivity contribution in [1.82, 2.24) is 0 Å². The molecule has 3 heteroatoms. The summed E-state index contributed by atoms with van der Waals surface area (Å²) in [7, 11) is 1.69. The van der Waals surface area contributed by atoms with Crippen LogP contribution in [0.1, 0.15) is 5.56 Å². The Balaban J connectivity index is 2.22. The smallest absolute Gasteiger partial charge is 0.122 e. The predicted molar refractivity (Wildman–Crippen MR) is 54.1 cm³/mol. The number of methoxy groups -OCH3 is 1. The molecule has 1 aromatic rings. The molecule has 2 rings (SSSR count). The van der Waals surface area contributed by atoms with Gasteiger partial charge in [0.2, 0.25) is 0 Å². The van der Waals surface area contributed by atoms with E-state index in [0.29, 0.717) is 6.10 Å². The molecule has 0 amide bonds. The fraction of sp³-hybridized carbons (Fsp3) is 0.400. The van der Waals surface area contributed by atoms with Crippen molar-refractivity contribution in [1.29, 1.82) is 0 Å². The molecule has 1 aliphatic heterocycles. The van der Waals surface area contributed by atoms with E-state index in [1.165, 1.54) is 5.56 Å². The van der Waals surface area contributed by atoms with Gasteiger partial charge in [0.25, 0.3) is 0 Å². The summed E-state index contributed by atoms with van der Waals surface area (Å²) in [4.78, 5) is 0. The SMILES string of the molecule is COc1ccc(Br)cc1CC1CO1. The van der Waals surface area contributed by atoms with Crippen molar-refractivity contribution in [2.24, 2.45) is 0 Å². The molecule has 0 N–H and O–H groups in total. The zero-order valence-electron chi connectivity index (χ0n) is 7.42. The van der Waals surface area contributed by atoms with Gasteiger partial charge in [0.15, 0.2) is 0 Å². The lowest BCUT2D eigenvalue weighted by Gasteiger charge is -2.07. The Morgan fingerprint density at radius 1 is 1.62 bits per heavy atom. The number of hydrogen-bond donors (Lipinski definition) is 0. The van der Waals surface area contributed by atoms with Crippen molar-refractivity contribution < 1.29 is 9.47 Å². The van der Waals surface area contributed by atoms with Gasteiger partial charge in [0.05, 0.1) is 19.8 Å². The number of rotatable bonds is 3. The second-order valence-corrected chi connectivity index (χ2v) is 4.03. The molecule has 0 aliphatic carbocycles. The first-order valence-corrected chi connectivity index (χ1v) is 5.03. The van der Waals surface area contributed by atoms with Crippen molar-refractivity contribution in [3.05, 3.63) is 28.2 Å². The van der Waals surface area contributed by atoms with E-state index in [1.54, 1.807) is 7.11 Å². The van der Waals surface area contributed by atoms with Gasteiger partial charge in [-0.05, 0) is 23.8 Å². The molecule has 13 heavy (non-hydrogen) atoms. The lowest BCUT2D eigenvalue weighted by atomic mass is 10.1. The zero-order chi connectivity index (χ0) is 9.26. The predicted octanol–water partition coefficient (Wildman–Crippen LogP) is 2.40. The molecule has 1 saturated heterocycles. The largest absolute Gasteiger partial charge is 0.496 e. The van der Waals surface area contributed by atoms with Gasteiger partial charge in [-0.1, -0.05) is 15.9 Å². The van der Waals surface area contributed by atoms with Gasteiger partial charge in [0, 0.05) is 10.9 Å². The van der Waals surface area contributed by atoms with Gasteiger partial charge in [-0.3, -0.25) is 0 Å². The average molecular weight is 243 g/mol. The Morgan fingerprint density at radius 2 is 2.38 bits per heavy atom. The molecular formula is C10H11BrO2. The van der Waals surface area contributed by atoms with E-state index in [-0.39, 0.29) is 0 Å². The molecule has 0 spiro atoms. The summed E-state index contributed by atoms with van der Waals surface area (Å²) < 4.78 is 11.5. The second kappa shape index (κ2) is 3.68. The van der Waals surface area contributed by atoms with Crippen LogP contribution in [0.5, 0.6) is 5.75 Å². The van der Waals surface area contributed by atoms with Gasteiger partial charge >= 0.3 is 0 Å². The zero-order valence-corrected chi connectivity index (χ0v) is 9.00. The maximum Gasteiger partial charge on any atom is 0.122 e. The normalized spacial score (nSPS) is 20.0. The molecule has 0 bridgehead atoms. The monoisotopic (exact) mass is 242 g/mol. The van der Waals surface area contributed by atoms with Crippen molar-refractivity contribution in [2.75, 3.05) is 13.7 Å². The average Bonchev–Trinajstić information content (AvgIpc) is 2.89. The molecule has 1 unspecified atom stereocenters. The first-order chi connectivity index (χ1) is 6.29. The van der Waals surface area contributed by atoms with Crippen molar-refractivity contribution in [3.63, 3.8) is 0 Å². The van der Waals surface area contributed by atoms with Crippen LogP contribution in [0.3, 0.4) is 0 Å². The van der Waals surface area contributed by atoms with E-state index in [2.05, 4.69) is 22.0 Å². The van der Waals surface area contributed by atoms with Gasteiger partial charge in [-0.15, -0.1) is 0 Å². The lowest BCUT2D eigenvalue weighted by Crippen LogP contribution is -1.97. The minimum Gasteiger partial charge on any atom is -0.496 e. The second-order valence-electron chi connectivity index (χ2n) is 3.12. The molecule has 0 saturated carbocycles. The molecule has 1 aromatic carbocycles. The van der Waals surface area contributed by atoms with Crippen LogP contribution in [-0.4, -0.2) is 19.8 Å². The van der Waals surface area contributed by atoms with Crippen LogP contribution >= 0.6 is 15.9 Å². The summed E-state index contributed by atoms with van der Waals surface area (Å²) in [5.74, 6) is 0.943. The van der Waals surface area contributed by atoms with Crippen LogP contribution in [0, 0.1) is 0 Å². The Hall–Kier alpha value is -0.540. The van der Waals surface area contributed by atoms with Crippen LogP contribution in [0.4, 0.5) is 0 Å². The lowest BCUT2D eigenvalue weighted by molar-refractivity contribution is 0.390. The van der Waals surface area contributed by atoms with Gasteiger partial charge < -0.3 is 9.47 Å². The van der Waals surface area contributed by atoms with E-state index >= 15 is 0 Å². The molecule has 1 heterocycles. The van der Waals surface area contributed by atoms with Gasteiger partial charge in [0.1, 0.15) is 5.75 Å². The molecular weight excluding hydrogens is 232 g/mol. The maximum absolute atomic E-state index is 5.25. The van der Waals surface area contributed by atoms with Gasteiger partial charge in [-0.25, -0.2) is 0 Å². The van der Waals surface area contributed by atoms with Crippen LogP contribution in [0.15, 0.2) is 22.7 Å². The highest BCUT2D eigenvalue weighted by atomic mass is 79.9. The van der Waals surface area contributed by atoms with Crippen LogP contribution < -0.4 is 4.74 Å². The first-order valence-electron chi connectivity index (χ1n) is 4.23. The highest BCUT2D eigenvalue weighted by Crippen LogP contribution is 2.27. The highest BCUT2D eigenvalue weighted by molar-refractivity contribution is 9.10. The van der Waals surface area contributed by atoms with Crippen LogP contribution in [0.2, 0.25) is 0 Å². The molecule has 0 radical (unpaired) electrons. The fourth-order valence-electron chi connectivity index (χ4n) is 1.34. The number of halogens is 1. The minimum absolute atomic E-state index is 0.406. The highest BCUT2D eigenvalue weighted by Gasteiger charge is 2.24. The molecule has 0 aromatic heterocycles. The van der Waals surface area contributed by atoms with Crippen molar-refractivity contribution in [2.45, 2.75) is 12.5 Å². The third-order valence-corrected chi connectivity index (χ3v) is 2.59. The third-order valence-electron chi connectivity index (χ3n) is 2.09. The number of ether oxygens (including phenoxy) is 2. The quantitative estimate of drug-likeness (QED) is 0.760. The summed E-state index contributed by atoms with van der Waals surface area (Å²) in [6.07, 6.45) is 1.35. The van der Waals surface area contributed by atoms with E-state index in [1.807, 2.05) is 12.1 Å². The van der Waals surface area contributed by atoms with Gasteiger partial charge in [-0.2, -0.15) is 0 Å². The standard InChI is InChI=1S/C10H11BrO2/c1-12-10-3-2-8(11)4-7(10)5-9-6-13-9/h2-4,9H,5-6H2,1H3. The Labute approximate surface area is 86.0 Å². The first kappa shape index (κ1) is 9.03. The van der Waals surface area contributed by atoms with Crippen molar-refractivity contribution >= 4 is 15.9 Å².